The molecule has 0 saturated heterocycles. The van der Waals surface area contributed by atoms with E-state index in [1.54, 1.807) is 24.3 Å². The summed E-state index contributed by atoms with van der Waals surface area (Å²) in [7, 11) is 0. The van der Waals surface area contributed by atoms with Gasteiger partial charge in [-0.25, -0.2) is 0 Å². The summed E-state index contributed by atoms with van der Waals surface area (Å²) in [6.45, 7) is 3.40. The Morgan fingerprint density at radius 1 is 1.15 bits per heavy atom. The molecule has 0 saturated carbocycles. The fourth-order valence-corrected chi connectivity index (χ4v) is 2.00. The largest absolute Gasteiger partial charge is 0.508 e. The normalized spacial score (nSPS) is 10.4. The van der Waals surface area contributed by atoms with Gasteiger partial charge >= 0.3 is 0 Å². The Kier molecular flexibility index (Phi) is 4.38. The molecule has 0 atom stereocenters. The monoisotopic (exact) mass is 270 g/mol. The van der Waals surface area contributed by atoms with Crippen LogP contribution >= 0.6 is 0 Å². The van der Waals surface area contributed by atoms with Crippen LogP contribution in [0.2, 0.25) is 0 Å². The second kappa shape index (κ2) is 6.21. The van der Waals surface area contributed by atoms with E-state index < -0.39 is 5.91 Å². The Bertz CT molecular complexity index is 606. The van der Waals surface area contributed by atoms with Crippen molar-refractivity contribution >= 4 is 5.91 Å². The number of amides is 1. The third-order valence-electron chi connectivity index (χ3n) is 3.21. The molecule has 2 aromatic carbocycles. The van der Waals surface area contributed by atoms with Gasteiger partial charge in [-0.15, -0.1) is 0 Å². The predicted molar refractivity (Wildman–Crippen MR) is 78.3 cm³/mol. The minimum atomic E-state index is -0.406. The highest BCUT2D eigenvalue weighted by atomic mass is 16.3. The van der Waals surface area contributed by atoms with E-state index in [0.717, 1.165) is 23.2 Å². The summed E-state index contributed by atoms with van der Waals surface area (Å²) in [5, 5.41) is 12.5. The molecule has 0 aromatic heterocycles. The number of phenols is 1. The molecular weight excluding hydrogens is 252 g/mol. The second-order valence-corrected chi connectivity index (χ2v) is 4.78. The lowest BCUT2D eigenvalue weighted by Gasteiger charge is -2.09. The highest BCUT2D eigenvalue weighted by Gasteiger charge is 2.04. The van der Waals surface area contributed by atoms with Crippen molar-refractivity contribution in [1.29, 1.82) is 0 Å². The highest BCUT2D eigenvalue weighted by Crippen LogP contribution is 2.12. The Hall–Kier alpha value is -2.33. The Labute approximate surface area is 118 Å². The van der Waals surface area contributed by atoms with Crippen molar-refractivity contribution in [2.75, 3.05) is 0 Å². The van der Waals surface area contributed by atoms with Gasteiger partial charge in [0.1, 0.15) is 5.75 Å². The quantitative estimate of drug-likeness (QED) is 0.778. The van der Waals surface area contributed by atoms with Crippen LogP contribution in [0.15, 0.2) is 42.5 Å². The minimum Gasteiger partial charge on any atom is -0.508 e. The Balaban J connectivity index is 1.94. The lowest BCUT2D eigenvalue weighted by molar-refractivity contribution is 0.1000. The molecule has 0 bridgehead atoms. The Morgan fingerprint density at radius 2 is 1.85 bits per heavy atom. The van der Waals surface area contributed by atoms with Crippen LogP contribution in [0.5, 0.6) is 5.75 Å². The zero-order valence-corrected chi connectivity index (χ0v) is 11.4. The summed E-state index contributed by atoms with van der Waals surface area (Å²) in [5.41, 5.74) is 9.06. The first-order valence-corrected chi connectivity index (χ1v) is 6.44. The molecule has 2 rings (SSSR count). The average Bonchev–Trinajstić information content (AvgIpc) is 2.42. The highest BCUT2D eigenvalue weighted by molar-refractivity contribution is 5.93. The molecule has 4 heteroatoms. The fourth-order valence-electron chi connectivity index (χ4n) is 2.00. The van der Waals surface area contributed by atoms with E-state index in [2.05, 4.69) is 5.32 Å². The van der Waals surface area contributed by atoms with Crippen molar-refractivity contribution < 1.29 is 9.90 Å². The SMILES string of the molecule is Cc1cc(C(N)=O)ccc1CNCc1ccc(O)cc1. The number of carbonyl (C=O) groups is 1. The van der Waals surface area contributed by atoms with E-state index in [0.29, 0.717) is 12.1 Å². The van der Waals surface area contributed by atoms with Gasteiger partial charge in [0, 0.05) is 18.7 Å². The van der Waals surface area contributed by atoms with Crippen LogP contribution in [0.3, 0.4) is 0 Å². The number of nitrogens with one attached hydrogen (secondary N) is 1. The van der Waals surface area contributed by atoms with Crippen molar-refractivity contribution in [3.8, 4) is 5.75 Å². The number of benzene rings is 2. The van der Waals surface area contributed by atoms with Crippen molar-refractivity contribution in [1.82, 2.24) is 5.32 Å². The van der Waals surface area contributed by atoms with E-state index in [-0.39, 0.29) is 5.75 Å². The lowest BCUT2D eigenvalue weighted by Crippen LogP contribution is -2.15. The average molecular weight is 270 g/mol. The number of primary amides is 1. The molecule has 1 amide bonds. The van der Waals surface area contributed by atoms with E-state index in [1.165, 1.54) is 0 Å². The van der Waals surface area contributed by atoms with E-state index in [9.17, 15) is 9.90 Å². The third-order valence-corrected chi connectivity index (χ3v) is 3.21. The molecule has 0 aliphatic heterocycles. The zero-order chi connectivity index (χ0) is 14.5. The summed E-state index contributed by atoms with van der Waals surface area (Å²) < 4.78 is 0. The van der Waals surface area contributed by atoms with Gasteiger partial charge in [-0.1, -0.05) is 18.2 Å². The summed E-state index contributed by atoms with van der Waals surface area (Å²) in [6, 6.07) is 12.6. The lowest BCUT2D eigenvalue weighted by atomic mass is 10.0. The number of hydrogen-bond acceptors (Lipinski definition) is 3. The van der Waals surface area contributed by atoms with Crippen LogP contribution < -0.4 is 11.1 Å². The molecule has 104 valence electrons. The predicted octanol–water partition coefficient (Wildman–Crippen LogP) is 2.09. The molecular formula is C16H18N2O2. The van der Waals surface area contributed by atoms with Crippen LogP contribution in [-0.4, -0.2) is 11.0 Å². The van der Waals surface area contributed by atoms with Gasteiger partial charge in [-0.2, -0.15) is 0 Å². The molecule has 0 fully saturated rings. The summed E-state index contributed by atoms with van der Waals surface area (Å²) in [4.78, 5) is 11.1. The summed E-state index contributed by atoms with van der Waals surface area (Å²) in [6.07, 6.45) is 0. The molecule has 2 aromatic rings. The number of nitrogens with two attached hydrogens (primary N) is 1. The maximum absolute atomic E-state index is 11.1. The molecule has 0 aliphatic carbocycles. The Morgan fingerprint density at radius 3 is 2.45 bits per heavy atom. The first kappa shape index (κ1) is 14.1. The van der Waals surface area contributed by atoms with Crippen molar-refractivity contribution in [3.05, 3.63) is 64.7 Å². The zero-order valence-electron chi connectivity index (χ0n) is 11.4. The minimum absolute atomic E-state index is 0.270. The molecule has 0 unspecified atom stereocenters. The van der Waals surface area contributed by atoms with Crippen molar-refractivity contribution in [2.45, 2.75) is 20.0 Å². The molecule has 20 heavy (non-hydrogen) atoms. The van der Waals surface area contributed by atoms with Gasteiger partial charge in [-0.05, 0) is 47.9 Å². The maximum atomic E-state index is 11.1. The topological polar surface area (TPSA) is 75.4 Å². The van der Waals surface area contributed by atoms with Crippen LogP contribution in [0, 0.1) is 6.92 Å². The van der Waals surface area contributed by atoms with Crippen LogP contribution in [0.25, 0.3) is 0 Å². The molecule has 0 radical (unpaired) electrons. The number of carbonyl (C=O) groups excluding carboxylic acids is 1. The number of aromatic hydroxyl groups is 1. The number of rotatable bonds is 5. The molecule has 0 spiro atoms. The summed E-state index contributed by atoms with van der Waals surface area (Å²) >= 11 is 0. The molecule has 4 N–H and O–H groups in total. The van der Waals surface area contributed by atoms with Gasteiger partial charge < -0.3 is 16.2 Å². The van der Waals surface area contributed by atoms with Gasteiger partial charge in [0.2, 0.25) is 5.91 Å². The van der Waals surface area contributed by atoms with Crippen LogP contribution in [0.1, 0.15) is 27.0 Å². The molecule has 4 nitrogen and oxygen atoms in total. The van der Waals surface area contributed by atoms with Gasteiger partial charge in [0.15, 0.2) is 0 Å². The molecule has 0 heterocycles. The van der Waals surface area contributed by atoms with Crippen LogP contribution in [-0.2, 0) is 13.1 Å². The standard InChI is InChI=1S/C16H18N2O2/c1-11-8-13(16(17)20)4-5-14(11)10-18-9-12-2-6-15(19)7-3-12/h2-8,18-19H,9-10H2,1H3,(H2,17,20). The number of hydrogen-bond donors (Lipinski definition) is 3. The summed E-state index contributed by atoms with van der Waals surface area (Å²) in [5.74, 6) is -0.136. The maximum Gasteiger partial charge on any atom is 0.248 e. The van der Waals surface area contributed by atoms with Crippen molar-refractivity contribution in [3.63, 3.8) is 0 Å². The first-order valence-electron chi connectivity index (χ1n) is 6.44. The van der Waals surface area contributed by atoms with Gasteiger partial charge in [-0.3, -0.25) is 4.79 Å². The number of phenolic OH excluding ortho intramolecular Hbond substituents is 1. The van der Waals surface area contributed by atoms with Crippen LogP contribution in [0.4, 0.5) is 0 Å². The smallest absolute Gasteiger partial charge is 0.248 e. The van der Waals surface area contributed by atoms with Crippen molar-refractivity contribution in [2.24, 2.45) is 5.73 Å². The van der Waals surface area contributed by atoms with Gasteiger partial charge in [0.25, 0.3) is 0 Å². The van der Waals surface area contributed by atoms with E-state index in [1.807, 2.05) is 25.1 Å². The third kappa shape index (κ3) is 3.59. The first-order chi connectivity index (χ1) is 9.56. The fraction of sp³-hybridized carbons (Fsp3) is 0.188. The number of aryl methyl sites for hydroxylation is 1. The van der Waals surface area contributed by atoms with Gasteiger partial charge in [0.05, 0.1) is 0 Å². The molecule has 0 aliphatic rings. The van der Waals surface area contributed by atoms with E-state index >= 15 is 0 Å². The second-order valence-electron chi connectivity index (χ2n) is 4.78. The van der Waals surface area contributed by atoms with E-state index in [4.69, 9.17) is 5.73 Å².